The van der Waals surface area contributed by atoms with Crippen molar-refractivity contribution in [1.29, 1.82) is 0 Å². The molecule has 0 amide bonds. The van der Waals surface area contributed by atoms with E-state index in [1.807, 2.05) is 0 Å². The Morgan fingerprint density at radius 1 is 1.38 bits per heavy atom. The fourth-order valence-electron chi connectivity index (χ4n) is 5.59. The molecule has 128 valence electrons. The molecule has 4 saturated carbocycles. The summed E-state index contributed by atoms with van der Waals surface area (Å²) in [6.45, 7) is 4.55. The van der Waals surface area contributed by atoms with Gasteiger partial charge in [0.25, 0.3) is 5.69 Å². The minimum atomic E-state index is -0.703. The third-order valence-corrected chi connectivity index (χ3v) is 6.41. The van der Waals surface area contributed by atoms with Crippen LogP contribution in [0.1, 0.15) is 33.1 Å². The first kappa shape index (κ1) is 15.4. The topological polar surface area (TPSA) is 78.7 Å². The Bertz CT molecular complexity index is 687. The standard InChI is InChI=1S/C18H21NO5/c1-3-8-18(2)13-9-12-14(15(12)18)16(13)24-17(20)23-11-6-4-10(5-7-11)19(21)22/h4-7,12-16H,3,8-9H2,1-2H3. The maximum atomic E-state index is 12.1. The van der Waals surface area contributed by atoms with E-state index in [4.69, 9.17) is 9.47 Å². The lowest BCUT2D eigenvalue weighted by Gasteiger charge is -2.30. The van der Waals surface area contributed by atoms with E-state index in [1.165, 1.54) is 37.1 Å². The molecular formula is C18H21NO5. The van der Waals surface area contributed by atoms with E-state index < -0.39 is 11.1 Å². The first-order valence-electron chi connectivity index (χ1n) is 8.58. The minimum Gasteiger partial charge on any atom is -0.430 e. The molecule has 0 N–H and O–H groups in total. The highest BCUT2D eigenvalue weighted by Gasteiger charge is 2.79. The van der Waals surface area contributed by atoms with Crippen LogP contribution in [0.2, 0.25) is 0 Å². The molecule has 0 aliphatic heterocycles. The highest BCUT2D eigenvalue weighted by molar-refractivity contribution is 5.64. The number of benzene rings is 1. The van der Waals surface area contributed by atoms with Crippen LogP contribution in [0.3, 0.4) is 0 Å². The Morgan fingerprint density at radius 3 is 2.67 bits per heavy atom. The predicted octanol–water partition coefficient (Wildman–Crippen LogP) is 4.18. The molecule has 4 aliphatic rings. The van der Waals surface area contributed by atoms with Gasteiger partial charge in [-0.2, -0.15) is 0 Å². The lowest BCUT2D eigenvalue weighted by molar-refractivity contribution is -0.384. The zero-order valence-corrected chi connectivity index (χ0v) is 13.8. The van der Waals surface area contributed by atoms with E-state index in [9.17, 15) is 14.9 Å². The second kappa shape index (κ2) is 5.19. The van der Waals surface area contributed by atoms with E-state index in [0.29, 0.717) is 23.2 Å². The number of carbonyl (C=O) groups excluding carboxylic acids is 1. The molecule has 0 saturated heterocycles. The van der Waals surface area contributed by atoms with Gasteiger partial charge in [-0.15, -0.1) is 0 Å². The fourth-order valence-corrected chi connectivity index (χ4v) is 5.59. The monoisotopic (exact) mass is 331 g/mol. The molecule has 4 fully saturated rings. The Hall–Kier alpha value is -2.11. The minimum absolute atomic E-state index is 0.0258. The summed E-state index contributed by atoms with van der Waals surface area (Å²) in [5.74, 6) is 2.65. The third kappa shape index (κ3) is 2.12. The number of hydrogen-bond acceptors (Lipinski definition) is 5. The van der Waals surface area contributed by atoms with Gasteiger partial charge in [0.15, 0.2) is 0 Å². The van der Waals surface area contributed by atoms with Crippen LogP contribution in [-0.4, -0.2) is 17.2 Å². The van der Waals surface area contributed by atoms with Crippen LogP contribution < -0.4 is 4.74 Å². The van der Waals surface area contributed by atoms with Crippen molar-refractivity contribution < 1.29 is 19.2 Å². The van der Waals surface area contributed by atoms with E-state index in [2.05, 4.69) is 13.8 Å². The summed E-state index contributed by atoms with van der Waals surface area (Å²) in [6.07, 6.45) is 2.78. The first-order chi connectivity index (χ1) is 11.5. The Morgan fingerprint density at radius 2 is 2.08 bits per heavy atom. The van der Waals surface area contributed by atoms with Crippen LogP contribution >= 0.6 is 0 Å². The van der Waals surface area contributed by atoms with Crippen LogP contribution in [-0.2, 0) is 4.74 Å². The summed E-state index contributed by atoms with van der Waals surface area (Å²) in [4.78, 5) is 22.2. The average Bonchev–Trinajstić information content (AvgIpc) is 2.95. The van der Waals surface area contributed by atoms with Gasteiger partial charge in [0.05, 0.1) is 4.92 Å². The Kier molecular flexibility index (Phi) is 3.34. The average molecular weight is 331 g/mol. The Labute approximate surface area is 140 Å². The van der Waals surface area contributed by atoms with Crippen molar-refractivity contribution in [3.05, 3.63) is 34.4 Å². The molecule has 0 heterocycles. The van der Waals surface area contributed by atoms with Crippen LogP contribution in [0.25, 0.3) is 0 Å². The SMILES string of the molecule is CCCC1(C)C2CC3C(C2OC(=O)Oc2ccc([N+](=O)[O-])cc2)C31. The molecule has 5 rings (SSSR count). The highest BCUT2D eigenvalue weighted by atomic mass is 16.7. The van der Waals surface area contributed by atoms with Crippen molar-refractivity contribution in [1.82, 2.24) is 0 Å². The van der Waals surface area contributed by atoms with Crippen molar-refractivity contribution in [3.8, 4) is 5.75 Å². The van der Waals surface area contributed by atoms with Gasteiger partial charge in [-0.1, -0.05) is 20.3 Å². The molecule has 0 aromatic heterocycles. The molecule has 6 heteroatoms. The molecule has 1 aromatic carbocycles. The van der Waals surface area contributed by atoms with Gasteiger partial charge in [0.1, 0.15) is 11.9 Å². The Balaban J connectivity index is 1.39. The molecule has 0 spiro atoms. The van der Waals surface area contributed by atoms with Crippen LogP contribution in [0, 0.1) is 39.2 Å². The number of nitro benzene ring substituents is 1. The van der Waals surface area contributed by atoms with Crippen LogP contribution in [0.5, 0.6) is 5.75 Å². The molecular weight excluding hydrogens is 310 g/mol. The quantitative estimate of drug-likeness (QED) is 0.350. The van der Waals surface area contributed by atoms with E-state index in [1.54, 1.807) is 0 Å². The molecule has 4 bridgehead atoms. The molecule has 6 nitrogen and oxygen atoms in total. The number of nitro groups is 1. The second-order valence-corrected chi connectivity index (χ2v) is 7.55. The van der Waals surface area contributed by atoms with Gasteiger partial charge in [-0.3, -0.25) is 10.1 Å². The molecule has 6 atom stereocenters. The summed E-state index contributed by atoms with van der Waals surface area (Å²) in [5.41, 5.74) is 0.269. The van der Waals surface area contributed by atoms with Crippen LogP contribution in [0.4, 0.5) is 10.5 Å². The number of hydrogen-bond donors (Lipinski definition) is 0. The highest BCUT2D eigenvalue weighted by Crippen LogP contribution is 2.79. The van der Waals surface area contributed by atoms with Gasteiger partial charge in [0.2, 0.25) is 0 Å². The third-order valence-electron chi connectivity index (χ3n) is 6.41. The fraction of sp³-hybridized carbons (Fsp3) is 0.611. The largest absolute Gasteiger partial charge is 0.514 e. The van der Waals surface area contributed by atoms with Gasteiger partial charge in [0, 0.05) is 24.0 Å². The summed E-state index contributed by atoms with van der Waals surface area (Å²) in [7, 11) is 0. The molecule has 1 aromatic rings. The summed E-state index contributed by atoms with van der Waals surface area (Å²) >= 11 is 0. The second-order valence-electron chi connectivity index (χ2n) is 7.55. The number of rotatable bonds is 5. The van der Waals surface area contributed by atoms with E-state index >= 15 is 0 Å². The predicted molar refractivity (Wildman–Crippen MR) is 85.6 cm³/mol. The molecule has 6 unspecified atom stereocenters. The van der Waals surface area contributed by atoms with Crippen molar-refractivity contribution in [2.24, 2.45) is 29.1 Å². The van der Waals surface area contributed by atoms with E-state index in [-0.39, 0.29) is 17.5 Å². The summed E-state index contributed by atoms with van der Waals surface area (Å²) in [6, 6.07) is 5.44. The van der Waals surface area contributed by atoms with Crippen molar-refractivity contribution in [2.45, 2.75) is 39.2 Å². The number of carbonyl (C=O) groups is 1. The van der Waals surface area contributed by atoms with Crippen LogP contribution in [0.15, 0.2) is 24.3 Å². The number of non-ortho nitro benzene ring substituents is 1. The lowest BCUT2D eigenvalue weighted by atomic mass is 9.76. The lowest BCUT2D eigenvalue weighted by Crippen LogP contribution is -2.30. The van der Waals surface area contributed by atoms with Crippen molar-refractivity contribution in [2.75, 3.05) is 0 Å². The van der Waals surface area contributed by atoms with Gasteiger partial charge < -0.3 is 9.47 Å². The zero-order valence-electron chi connectivity index (χ0n) is 13.8. The summed E-state index contributed by atoms with van der Waals surface area (Å²) < 4.78 is 10.8. The first-order valence-corrected chi connectivity index (χ1v) is 8.58. The van der Waals surface area contributed by atoms with Gasteiger partial charge in [-0.25, -0.2) is 4.79 Å². The zero-order chi connectivity index (χ0) is 17.1. The molecule has 0 radical (unpaired) electrons. The number of nitrogens with zero attached hydrogens (tertiary/aromatic N) is 1. The summed E-state index contributed by atoms with van der Waals surface area (Å²) in [5, 5.41) is 10.6. The van der Waals surface area contributed by atoms with Gasteiger partial charge >= 0.3 is 6.16 Å². The molecule has 24 heavy (non-hydrogen) atoms. The van der Waals surface area contributed by atoms with Crippen molar-refractivity contribution >= 4 is 11.8 Å². The van der Waals surface area contributed by atoms with Gasteiger partial charge in [-0.05, 0) is 42.2 Å². The smallest absolute Gasteiger partial charge is 0.430 e. The maximum absolute atomic E-state index is 12.1. The molecule has 4 aliphatic carbocycles. The van der Waals surface area contributed by atoms with Crippen molar-refractivity contribution in [3.63, 3.8) is 0 Å². The normalized spacial score (nSPS) is 38.0. The number of ether oxygens (including phenoxy) is 2. The maximum Gasteiger partial charge on any atom is 0.514 e. The van der Waals surface area contributed by atoms with E-state index in [0.717, 1.165) is 12.3 Å².